The van der Waals surface area contributed by atoms with Crippen molar-refractivity contribution in [1.82, 2.24) is 0 Å². The summed E-state index contributed by atoms with van der Waals surface area (Å²) in [5.41, 5.74) is 1.52. The number of rotatable bonds is 2. The van der Waals surface area contributed by atoms with E-state index >= 15 is 0 Å². The van der Waals surface area contributed by atoms with Crippen LogP contribution in [0.5, 0.6) is 0 Å². The van der Waals surface area contributed by atoms with E-state index in [4.69, 9.17) is 23.2 Å². The van der Waals surface area contributed by atoms with E-state index in [1.807, 2.05) is 0 Å². The van der Waals surface area contributed by atoms with Gasteiger partial charge >= 0.3 is 0 Å². The van der Waals surface area contributed by atoms with Gasteiger partial charge in [-0.3, -0.25) is 4.79 Å². The third-order valence-electron chi connectivity index (χ3n) is 3.10. The minimum Gasteiger partial charge on any atom is -0.368 e. The predicted octanol–water partition coefficient (Wildman–Crippen LogP) is 4.24. The minimum absolute atomic E-state index is 0.000257. The molecule has 1 aliphatic heterocycles. The summed E-state index contributed by atoms with van der Waals surface area (Å²) in [4.78, 5) is 12.0. The molecule has 1 atom stereocenters. The largest absolute Gasteiger partial charge is 0.368 e. The van der Waals surface area contributed by atoms with E-state index in [2.05, 4.69) is 10.6 Å². The first-order valence-electron chi connectivity index (χ1n) is 5.87. The molecule has 1 heterocycles. The van der Waals surface area contributed by atoms with Crippen molar-refractivity contribution in [2.45, 2.75) is 6.04 Å². The van der Waals surface area contributed by atoms with Crippen LogP contribution in [0.2, 0.25) is 10.0 Å². The first kappa shape index (κ1) is 13.2. The van der Waals surface area contributed by atoms with Crippen LogP contribution in [0.1, 0.15) is 11.6 Å². The molecule has 2 aromatic rings. The molecule has 0 spiro atoms. The summed E-state index contributed by atoms with van der Waals surface area (Å²) in [5, 5.41) is 6.08. The molecule has 1 amide bonds. The molecule has 0 aliphatic carbocycles. The molecule has 0 aromatic heterocycles. The molecule has 1 aliphatic rings. The first-order valence-corrected chi connectivity index (χ1v) is 6.63. The number of halogens is 3. The second kappa shape index (κ2) is 4.96. The Kier molecular flexibility index (Phi) is 3.28. The van der Waals surface area contributed by atoms with Crippen LogP contribution >= 0.6 is 23.2 Å². The highest BCUT2D eigenvalue weighted by molar-refractivity contribution is 6.31. The Hall–Kier alpha value is -1.78. The van der Waals surface area contributed by atoms with E-state index < -0.39 is 11.9 Å². The van der Waals surface area contributed by atoms with Gasteiger partial charge in [0.1, 0.15) is 6.04 Å². The highest BCUT2D eigenvalue weighted by Gasteiger charge is 2.31. The van der Waals surface area contributed by atoms with Crippen molar-refractivity contribution in [2.24, 2.45) is 0 Å². The number of hydrogen-bond donors (Lipinski definition) is 2. The zero-order valence-corrected chi connectivity index (χ0v) is 11.6. The second-order valence-electron chi connectivity index (χ2n) is 4.40. The Morgan fingerprint density at radius 1 is 1.20 bits per heavy atom. The quantitative estimate of drug-likeness (QED) is 0.871. The number of carbonyl (C=O) groups excluding carboxylic acids is 1. The molecule has 3 nitrogen and oxygen atoms in total. The Bertz CT molecular complexity index is 706. The molecule has 102 valence electrons. The van der Waals surface area contributed by atoms with Gasteiger partial charge in [-0.05, 0) is 30.3 Å². The zero-order valence-electron chi connectivity index (χ0n) is 10.1. The van der Waals surface area contributed by atoms with E-state index in [0.29, 0.717) is 16.3 Å². The molecule has 0 bridgehead atoms. The maximum Gasteiger partial charge on any atom is 0.251 e. The molecule has 1 unspecified atom stereocenters. The number of fused-ring (bicyclic) bond motifs is 1. The molecular formula is C14H9Cl2FN2O. The van der Waals surface area contributed by atoms with Crippen molar-refractivity contribution in [1.29, 1.82) is 0 Å². The SMILES string of the molecule is O=C1Nc2ccc(Cl)cc2C1Nc1cccc(Cl)c1F. The van der Waals surface area contributed by atoms with E-state index in [1.165, 1.54) is 12.1 Å². The number of anilines is 2. The average molecular weight is 311 g/mol. The van der Waals surface area contributed by atoms with Crippen LogP contribution in [0.25, 0.3) is 0 Å². The van der Waals surface area contributed by atoms with Crippen molar-refractivity contribution >= 4 is 40.5 Å². The summed E-state index contributed by atoms with van der Waals surface area (Å²) in [6.45, 7) is 0. The monoisotopic (exact) mass is 310 g/mol. The normalized spacial score (nSPS) is 16.8. The smallest absolute Gasteiger partial charge is 0.251 e. The van der Waals surface area contributed by atoms with E-state index in [0.717, 1.165) is 0 Å². The highest BCUT2D eigenvalue weighted by atomic mass is 35.5. The molecule has 20 heavy (non-hydrogen) atoms. The maximum atomic E-state index is 13.9. The first-order chi connectivity index (χ1) is 9.56. The lowest BCUT2D eigenvalue weighted by Gasteiger charge is -2.14. The molecule has 0 fully saturated rings. The Morgan fingerprint density at radius 3 is 2.80 bits per heavy atom. The van der Waals surface area contributed by atoms with Crippen LogP contribution in [0, 0.1) is 5.82 Å². The van der Waals surface area contributed by atoms with Crippen molar-refractivity contribution < 1.29 is 9.18 Å². The maximum absolute atomic E-state index is 13.9. The van der Waals surface area contributed by atoms with E-state index in [1.54, 1.807) is 24.3 Å². The van der Waals surface area contributed by atoms with Gasteiger partial charge in [-0.25, -0.2) is 4.39 Å². The van der Waals surface area contributed by atoms with Crippen molar-refractivity contribution in [3.63, 3.8) is 0 Å². The summed E-state index contributed by atoms with van der Waals surface area (Å²) in [6, 6.07) is 8.96. The lowest BCUT2D eigenvalue weighted by Crippen LogP contribution is -2.20. The third kappa shape index (κ3) is 2.21. The lowest BCUT2D eigenvalue weighted by atomic mass is 10.1. The Balaban J connectivity index is 1.98. The van der Waals surface area contributed by atoms with Crippen LogP contribution in [0.15, 0.2) is 36.4 Å². The summed E-state index contributed by atoms with van der Waals surface area (Å²) in [5.74, 6) is -0.848. The number of amides is 1. The van der Waals surface area contributed by atoms with Gasteiger partial charge in [-0.1, -0.05) is 29.3 Å². The summed E-state index contributed by atoms with van der Waals surface area (Å²) < 4.78 is 13.9. The second-order valence-corrected chi connectivity index (χ2v) is 5.24. The van der Waals surface area contributed by atoms with Crippen molar-refractivity contribution in [3.8, 4) is 0 Å². The van der Waals surface area contributed by atoms with Gasteiger partial charge in [0.25, 0.3) is 5.91 Å². The van der Waals surface area contributed by atoms with Gasteiger partial charge in [0, 0.05) is 16.3 Å². The molecule has 3 rings (SSSR count). The van der Waals surface area contributed by atoms with Gasteiger partial charge in [0.15, 0.2) is 5.82 Å². The lowest BCUT2D eigenvalue weighted by molar-refractivity contribution is -0.116. The van der Waals surface area contributed by atoms with Crippen LogP contribution in [-0.4, -0.2) is 5.91 Å². The fraction of sp³-hybridized carbons (Fsp3) is 0.0714. The van der Waals surface area contributed by atoms with Gasteiger partial charge in [-0.15, -0.1) is 0 Å². The fourth-order valence-electron chi connectivity index (χ4n) is 2.15. The molecule has 0 radical (unpaired) electrons. The minimum atomic E-state index is -0.698. The Morgan fingerprint density at radius 2 is 2.00 bits per heavy atom. The number of benzene rings is 2. The van der Waals surface area contributed by atoms with Crippen LogP contribution in [0.4, 0.5) is 15.8 Å². The summed E-state index contributed by atoms with van der Waals surface area (Å²) in [7, 11) is 0. The van der Waals surface area contributed by atoms with Crippen LogP contribution < -0.4 is 10.6 Å². The van der Waals surface area contributed by atoms with Gasteiger partial charge in [0.2, 0.25) is 0 Å². The molecular weight excluding hydrogens is 302 g/mol. The summed E-state index contributed by atoms with van der Waals surface area (Å²) >= 11 is 11.7. The zero-order chi connectivity index (χ0) is 14.3. The van der Waals surface area contributed by atoms with Gasteiger partial charge in [0.05, 0.1) is 10.7 Å². The summed E-state index contributed by atoms with van der Waals surface area (Å²) in [6.07, 6.45) is 0. The standard InChI is InChI=1S/C14H9Cl2FN2O/c15-7-4-5-10-8(6-7)13(14(20)19-10)18-11-3-1-2-9(16)12(11)17/h1-6,13,18H,(H,19,20). The highest BCUT2D eigenvalue weighted by Crippen LogP contribution is 2.36. The topological polar surface area (TPSA) is 41.1 Å². The molecule has 2 N–H and O–H groups in total. The van der Waals surface area contributed by atoms with Crippen LogP contribution in [0.3, 0.4) is 0 Å². The third-order valence-corrected chi connectivity index (χ3v) is 3.62. The van der Waals surface area contributed by atoms with Gasteiger partial charge in [-0.2, -0.15) is 0 Å². The van der Waals surface area contributed by atoms with E-state index in [9.17, 15) is 9.18 Å². The number of hydrogen-bond acceptors (Lipinski definition) is 2. The van der Waals surface area contributed by atoms with Gasteiger partial charge < -0.3 is 10.6 Å². The van der Waals surface area contributed by atoms with E-state index in [-0.39, 0.29) is 16.6 Å². The molecule has 0 saturated carbocycles. The molecule has 6 heteroatoms. The molecule has 2 aromatic carbocycles. The molecule has 0 saturated heterocycles. The van der Waals surface area contributed by atoms with Crippen molar-refractivity contribution in [2.75, 3.05) is 10.6 Å². The number of nitrogens with one attached hydrogen (secondary N) is 2. The number of carbonyl (C=O) groups is 1. The van der Waals surface area contributed by atoms with Crippen molar-refractivity contribution in [3.05, 3.63) is 57.8 Å². The Labute approximate surface area is 124 Å². The predicted molar refractivity (Wildman–Crippen MR) is 77.9 cm³/mol. The van der Waals surface area contributed by atoms with Crippen LogP contribution in [-0.2, 0) is 4.79 Å². The fourth-order valence-corrected chi connectivity index (χ4v) is 2.50. The average Bonchev–Trinajstić information content (AvgIpc) is 2.71.